The Morgan fingerprint density at radius 1 is 1.29 bits per heavy atom. The molecule has 0 bridgehead atoms. The first kappa shape index (κ1) is 15.5. The van der Waals surface area contributed by atoms with Crippen molar-refractivity contribution in [3.05, 3.63) is 35.6 Å². The third kappa shape index (κ3) is 3.60. The average molecular weight is 293 g/mol. The number of amides is 1. The fourth-order valence-corrected chi connectivity index (χ4v) is 2.84. The summed E-state index contributed by atoms with van der Waals surface area (Å²) in [6, 6.07) is 5.16. The van der Waals surface area contributed by atoms with E-state index in [2.05, 4.69) is 5.32 Å². The van der Waals surface area contributed by atoms with Crippen LogP contribution in [0.5, 0.6) is 0 Å². The maximum atomic E-state index is 13.0. The molecule has 1 aliphatic carbocycles. The maximum absolute atomic E-state index is 13.0. The van der Waals surface area contributed by atoms with Gasteiger partial charge >= 0.3 is 5.97 Å². The van der Waals surface area contributed by atoms with Crippen LogP contribution in [-0.4, -0.2) is 17.0 Å². The molecule has 4 nitrogen and oxygen atoms in total. The number of carboxylic acid groups (broad SMARTS) is 1. The van der Waals surface area contributed by atoms with E-state index in [-0.39, 0.29) is 5.91 Å². The van der Waals surface area contributed by atoms with Gasteiger partial charge in [-0.2, -0.15) is 0 Å². The van der Waals surface area contributed by atoms with Crippen LogP contribution in [0.4, 0.5) is 4.39 Å². The number of hydrogen-bond acceptors (Lipinski definition) is 2. The molecule has 2 rings (SSSR count). The Morgan fingerprint density at radius 3 is 2.38 bits per heavy atom. The lowest BCUT2D eigenvalue weighted by Gasteiger charge is -2.27. The minimum atomic E-state index is -1.54. The van der Waals surface area contributed by atoms with Gasteiger partial charge in [0.05, 0.1) is 0 Å². The van der Waals surface area contributed by atoms with Crippen LogP contribution in [0.1, 0.15) is 44.6 Å². The number of carbonyl (C=O) groups is 2. The molecule has 1 saturated carbocycles. The summed E-state index contributed by atoms with van der Waals surface area (Å²) in [6.45, 7) is 1.43. The van der Waals surface area contributed by atoms with Crippen molar-refractivity contribution in [1.29, 1.82) is 0 Å². The van der Waals surface area contributed by atoms with E-state index in [9.17, 15) is 19.1 Å². The fraction of sp³-hybridized carbons (Fsp3) is 0.500. The zero-order valence-electron chi connectivity index (χ0n) is 12.1. The molecule has 21 heavy (non-hydrogen) atoms. The molecule has 1 aliphatic rings. The quantitative estimate of drug-likeness (QED) is 0.877. The third-order valence-electron chi connectivity index (χ3n) is 4.19. The lowest BCUT2D eigenvalue weighted by molar-refractivity contribution is -0.147. The predicted octanol–water partition coefficient (Wildman–Crippen LogP) is 2.82. The Balaban J connectivity index is 2.12. The lowest BCUT2D eigenvalue weighted by atomic mass is 9.91. The van der Waals surface area contributed by atoms with Crippen LogP contribution < -0.4 is 5.32 Å². The number of carboxylic acids is 1. The van der Waals surface area contributed by atoms with Crippen molar-refractivity contribution in [2.75, 3.05) is 0 Å². The van der Waals surface area contributed by atoms with Gasteiger partial charge in [0.2, 0.25) is 5.91 Å². The number of nitrogens with one attached hydrogen (secondary N) is 1. The molecule has 1 unspecified atom stereocenters. The number of halogens is 1. The van der Waals surface area contributed by atoms with Gasteiger partial charge in [0.1, 0.15) is 5.82 Å². The molecule has 0 radical (unpaired) electrons. The number of carbonyl (C=O) groups excluding carboxylic acids is 1. The van der Waals surface area contributed by atoms with Crippen molar-refractivity contribution < 1.29 is 19.1 Å². The lowest BCUT2D eigenvalue weighted by Crippen LogP contribution is -2.49. The van der Waals surface area contributed by atoms with Crippen molar-refractivity contribution >= 4 is 11.9 Å². The summed E-state index contributed by atoms with van der Waals surface area (Å²) in [7, 11) is 0. The molecule has 0 saturated heterocycles. The third-order valence-corrected chi connectivity index (χ3v) is 4.19. The SMILES string of the molecule is CC(NC(=O)CC1CCCC1)(C(=O)O)c1ccc(F)cc1. The molecule has 114 valence electrons. The highest BCUT2D eigenvalue weighted by atomic mass is 19.1. The molecule has 1 fully saturated rings. The second-order valence-electron chi connectivity index (χ2n) is 5.84. The van der Waals surface area contributed by atoms with Crippen molar-refractivity contribution in [2.24, 2.45) is 5.92 Å². The number of hydrogen-bond donors (Lipinski definition) is 2. The van der Waals surface area contributed by atoms with E-state index in [4.69, 9.17) is 0 Å². The Labute approximate surface area is 123 Å². The zero-order valence-corrected chi connectivity index (χ0v) is 12.1. The Bertz CT molecular complexity index is 523. The first-order valence-electron chi connectivity index (χ1n) is 7.22. The summed E-state index contributed by atoms with van der Waals surface area (Å²) in [5, 5.41) is 12.1. The van der Waals surface area contributed by atoms with E-state index in [0.29, 0.717) is 17.9 Å². The second-order valence-corrected chi connectivity index (χ2v) is 5.84. The second kappa shape index (κ2) is 6.24. The van der Waals surface area contributed by atoms with Crippen LogP contribution in [0, 0.1) is 11.7 Å². The summed E-state index contributed by atoms with van der Waals surface area (Å²) in [5.41, 5.74) is -1.18. The van der Waals surface area contributed by atoms with Crippen LogP contribution in [-0.2, 0) is 15.1 Å². The topological polar surface area (TPSA) is 66.4 Å². The van der Waals surface area contributed by atoms with Crippen LogP contribution in [0.3, 0.4) is 0 Å². The largest absolute Gasteiger partial charge is 0.479 e. The highest BCUT2D eigenvalue weighted by Crippen LogP contribution is 2.28. The molecule has 1 aromatic carbocycles. The van der Waals surface area contributed by atoms with Crippen molar-refractivity contribution in [3.8, 4) is 0 Å². The van der Waals surface area contributed by atoms with Gasteiger partial charge in [0, 0.05) is 6.42 Å². The van der Waals surface area contributed by atoms with Crippen molar-refractivity contribution in [2.45, 2.75) is 44.6 Å². The van der Waals surface area contributed by atoms with E-state index < -0.39 is 17.3 Å². The standard InChI is InChI=1S/C16H20FNO3/c1-16(15(20)21,12-6-8-13(17)9-7-12)18-14(19)10-11-4-2-3-5-11/h6-9,11H,2-5,10H2,1H3,(H,18,19)(H,20,21). The van der Waals surface area contributed by atoms with E-state index in [0.717, 1.165) is 25.7 Å². The molecule has 0 spiro atoms. The van der Waals surface area contributed by atoms with Crippen molar-refractivity contribution in [1.82, 2.24) is 5.32 Å². The number of rotatable bonds is 5. The van der Waals surface area contributed by atoms with E-state index >= 15 is 0 Å². The van der Waals surface area contributed by atoms with Gasteiger partial charge in [0.25, 0.3) is 0 Å². The summed E-state index contributed by atoms with van der Waals surface area (Å²) in [5.74, 6) is -1.52. The molecular formula is C16H20FNO3. The summed E-state index contributed by atoms with van der Waals surface area (Å²) in [4.78, 5) is 23.7. The normalized spacial score (nSPS) is 18.2. The summed E-state index contributed by atoms with van der Waals surface area (Å²) < 4.78 is 13.0. The zero-order chi connectivity index (χ0) is 15.5. The van der Waals surface area contributed by atoms with Gasteiger partial charge in [-0.25, -0.2) is 9.18 Å². The summed E-state index contributed by atoms with van der Waals surface area (Å²) in [6.07, 6.45) is 4.66. The number of benzene rings is 1. The summed E-state index contributed by atoms with van der Waals surface area (Å²) >= 11 is 0. The molecule has 0 heterocycles. The Morgan fingerprint density at radius 2 is 1.86 bits per heavy atom. The minimum absolute atomic E-state index is 0.267. The van der Waals surface area contributed by atoms with Gasteiger partial charge in [0.15, 0.2) is 5.54 Å². The first-order chi connectivity index (χ1) is 9.91. The first-order valence-corrected chi connectivity index (χ1v) is 7.22. The van der Waals surface area contributed by atoms with E-state index in [1.54, 1.807) is 0 Å². The molecule has 0 aliphatic heterocycles. The van der Waals surface area contributed by atoms with Crippen LogP contribution in [0.2, 0.25) is 0 Å². The molecule has 2 N–H and O–H groups in total. The van der Waals surface area contributed by atoms with Crippen LogP contribution in [0.25, 0.3) is 0 Å². The van der Waals surface area contributed by atoms with Crippen molar-refractivity contribution in [3.63, 3.8) is 0 Å². The van der Waals surface area contributed by atoms with Gasteiger partial charge < -0.3 is 10.4 Å². The molecule has 5 heteroatoms. The van der Waals surface area contributed by atoms with E-state index in [1.165, 1.54) is 31.2 Å². The predicted molar refractivity (Wildman–Crippen MR) is 76.1 cm³/mol. The van der Waals surface area contributed by atoms with Gasteiger partial charge in [-0.05, 0) is 43.4 Å². The highest BCUT2D eigenvalue weighted by molar-refractivity contribution is 5.87. The molecule has 0 aromatic heterocycles. The molecule has 1 atom stereocenters. The van der Waals surface area contributed by atoms with Crippen LogP contribution in [0.15, 0.2) is 24.3 Å². The molecular weight excluding hydrogens is 273 g/mol. The Kier molecular flexibility index (Phi) is 4.60. The average Bonchev–Trinajstić information content (AvgIpc) is 2.91. The van der Waals surface area contributed by atoms with Gasteiger partial charge in [-0.15, -0.1) is 0 Å². The molecule has 1 amide bonds. The van der Waals surface area contributed by atoms with Crippen LogP contribution >= 0.6 is 0 Å². The highest BCUT2D eigenvalue weighted by Gasteiger charge is 2.37. The smallest absolute Gasteiger partial charge is 0.333 e. The van der Waals surface area contributed by atoms with Gasteiger partial charge in [-0.3, -0.25) is 4.79 Å². The van der Waals surface area contributed by atoms with Gasteiger partial charge in [-0.1, -0.05) is 25.0 Å². The minimum Gasteiger partial charge on any atom is -0.479 e. The maximum Gasteiger partial charge on any atom is 0.333 e. The Hall–Kier alpha value is -1.91. The molecule has 1 aromatic rings. The monoisotopic (exact) mass is 293 g/mol. The van der Waals surface area contributed by atoms with E-state index in [1.807, 2.05) is 0 Å². The fourth-order valence-electron chi connectivity index (χ4n) is 2.84. The number of aliphatic carboxylic acids is 1.